The molecule has 0 N–H and O–H groups in total. The number of carbonyl (C=O) groups is 1. The Kier molecular flexibility index (Phi) is 7.77. The van der Waals surface area contributed by atoms with E-state index in [0.717, 1.165) is 16.7 Å². The molecule has 1 amide bonds. The van der Waals surface area contributed by atoms with Gasteiger partial charge in [0, 0.05) is 44.1 Å². The summed E-state index contributed by atoms with van der Waals surface area (Å²) in [6.45, 7) is 7.28. The zero-order valence-electron chi connectivity index (χ0n) is 18.7. The number of rotatable bonds is 9. The summed E-state index contributed by atoms with van der Waals surface area (Å²) in [6.07, 6.45) is 3.45. The predicted octanol–water partition coefficient (Wildman–Crippen LogP) is 4.26. The molecule has 0 saturated carbocycles. The molecule has 0 aliphatic carbocycles. The predicted molar refractivity (Wildman–Crippen MR) is 126 cm³/mol. The maximum atomic E-state index is 13.4. The van der Waals surface area contributed by atoms with Crippen LogP contribution >= 0.6 is 0 Å². The van der Waals surface area contributed by atoms with Crippen LogP contribution in [0.3, 0.4) is 0 Å². The van der Waals surface area contributed by atoms with Crippen LogP contribution in [-0.2, 0) is 23.1 Å². The summed E-state index contributed by atoms with van der Waals surface area (Å²) in [7, 11) is -3.57. The Morgan fingerprint density at radius 1 is 0.906 bits per heavy atom. The molecule has 168 valence electrons. The molecule has 7 heteroatoms. The molecular weight excluding hydrogens is 422 g/mol. The molecule has 0 radical (unpaired) electrons. The van der Waals surface area contributed by atoms with Gasteiger partial charge in [-0.15, -0.1) is 0 Å². The van der Waals surface area contributed by atoms with Crippen molar-refractivity contribution >= 4 is 15.9 Å². The van der Waals surface area contributed by atoms with Gasteiger partial charge in [-0.05, 0) is 53.9 Å². The van der Waals surface area contributed by atoms with Crippen molar-refractivity contribution < 1.29 is 13.2 Å². The standard InChI is InChI=1S/C25H29N3O3S/c1-4-28(5-2)32(30,31)24-14-12-22(13-15-24)25(29)27(18-21-10-8-16-26-17-21)19-23-11-7-6-9-20(23)3/h6-17H,4-5,18-19H2,1-3H3. The zero-order valence-corrected chi connectivity index (χ0v) is 19.5. The number of amides is 1. The number of hydrogen-bond donors (Lipinski definition) is 0. The lowest BCUT2D eigenvalue weighted by Crippen LogP contribution is -2.31. The molecule has 3 rings (SSSR count). The lowest BCUT2D eigenvalue weighted by Gasteiger charge is -2.24. The van der Waals surface area contributed by atoms with Crippen LogP contribution in [0.5, 0.6) is 0 Å². The Bertz CT molecular complexity index is 1140. The largest absolute Gasteiger partial charge is 0.330 e. The number of sulfonamides is 1. The fraction of sp³-hybridized carbons (Fsp3) is 0.280. The number of aryl methyl sites for hydroxylation is 1. The summed E-state index contributed by atoms with van der Waals surface area (Å²) < 4.78 is 26.9. The van der Waals surface area contributed by atoms with Crippen LogP contribution in [0.25, 0.3) is 0 Å². The summed E-state index contributed by atoms with van der Waals surface area (Å²) in [4.78, 5) is 19.5. The highest BCUT2D eigenvalue weighted by Crippen LogP contribution is 2.20. The molecule has 0 saturated heterocycles. The van der Waals surface area contributed by atoms with Gasteiger partial charge in [0.05, 0.1) is 4.90 Å². The molecule has 6 nitrogen and oxygen atoms in total. The van der Waals surface area contributed by atoms with Gasteiger partial charge in [0.1, 0.15) is 0 Å². The minimum Gasteiger partial charge on any atom is -0.330 e. The van der Waals surface area contributed by atoms with Gasteiger partial charge in [0.2, 0.25) is 10.0 Å². The van der Waals surface area contributed by atoms with E-state index in [0.29, 0.717) is 31.7 Å². The zero-order chi connectivity index (χ0) is 23.1. The van der Waals surface area contributed by atoms with Crippen molar-refractivity contribution in [2.75, 3.05) is 13.1 Å². The minimum atomic E-state index is -3.57. The number of benzene rings is 2. The Hall–Kier alpha value is -3.03. The van der Waals surface area contributed by atoms with Crippen LogP contribution in [0.4, 0.5) is 0 Å². The van der Waals surface area contributed by atoms with Gasteiger partial charge in [-0.2, -0.15) is 4.31 Å². The molecule has 0 aliphatic rings. The van der Waals surface area contributed by atoms with E-state index >= 15 is 0 Å². The number of aromatic nitrogens is 1. The van der Waals surface area contributed by atoms with Crippen molar-refractivity contribution in [2.24, 2.45) is 0 Å². The van der Waals surface area contributed by atoms with E-state index in [2.05, 4.69) is 4.98 Å². The van der Waals surface area contributed by atoms with Crippen LogP contribution in [0.1, 0.15) is 40.9 Å². The maximum absolute atomic E-state index is 13.4. The second kappa shape index (κ2) is 10.5. The lowest BCUT2D eigenvalue weighted by atomic mass is 10.1. The monoisotopic (exact) mass is 451 g/mol. The molecule has 32 heavy (non-hydrogen) atoms. The molecule has 0 aliphatic heterocycles. The Balaban J connectivity index is 1.89. The van der Waals surface area contributed by atoms with E-state index in [-0.39, 0.29) is 10.8 Å². The highest BCUT2D eigenvalue weighted by Gasteiger charge is 2.23. The normalized spacial score (nSPS) is 11.5. The van der Waals surface area contributed by atoms with Crippen molar-refractivity contribution in [3.63, 3.8) is 0 Å². The molecule has 0 fully saturated rings. The maximum Gasteiger partial charge on any atom is 0.254 e. The molecule has 0 atom stereocenters. The van der Waals surface area contributed by atoms with Gasteiger partial charge in [-0.1, -0.05) is 44.2 Å². The van der Waals surface area contributed by atoms with E-state index in [1.165, 1.54) is 16.4 Å². The van der Waals surface area contributed by atoms with Crippen molar-refractivity contribution in [3.05, 3.63) is 95.3 Å². The van der Waals surface area contributed by atoms with E-state index in [1.807, 2.05) is 43.3 Å². The molecule has 1 aromatic heterocycles. The average molecular weight is 452 g/mol. The van der Waals surface area contributed by atoms with Gasteiger partial charge in [-0.3, -0.25) is 9.78 Å². The molecule has 3 aromatic rings. The third kappa shape index (κ3) is 5.41. The topological polar surface area (TPSA) is 70.6 Å². The third-order valence-electron chi connectivity index (χ3n) is 5.45. The Morgan fingerprint density at radius 2 is 1.59 bits per heavy atom. The molecule has 0 spiro atoms. The first kappa shape index (κ1) is 23.6. The summed E-state index contributed by atoms with van der Waals surface area (Å²) in [5.41, 5.74) is 3.54. The van der Waals surface area contributed by atoms with Crippen molar-refractivity contribution in [1.82, 2.24) is 14.2 Å². The summed E-state index contributed by atoms with van der Waals surface area (Å²) in [6, 6.07) is 18.0. The summed E-state index contributed by atoms with van der Waals surface area (Å²) >= 11 is 0. The van der Waals surface area contributed by atoms with Crippen LogP contribution in [0, 0.1) is 6.92 Å². The molecule has 0 bridgehead atoms. The van der Waals surface area contributed by atoms with Crippen LogP contribution in [0.15, 0.2) is 78.0 Å². The third-order valence-corrected chi connectivity index (χ3v) is 7.51. The quantitative estimate of drug-likeness (QED) is 0.487. The van der Waals surface area contributed by atoms with E-state index < -0.39 is 10.0 Å². The second-order valence-corrected chi connectivity index (χ2v) is 9.50. The molecule has 1 heterocycles. The number of carbonyl (C=O) groups excluding carboxylic acids is 1. The highest BCUT2D eigenvalue weighted by atomic mass is 32.2. The first-order valence-corrected chi connectivity index (χ1v) is 12.1. The first-order valence-electron chi connectivity index (χ1n) is 10.7. The van der Waals surface area contributed by atoms with Crippen molar-refractivity contribution in [3.8, 4) is 0 Å². The van der Waals surface area contributed by atoms with Gasteiger partial charge in [0.25, 0.3) is 5.91 Å². The van der Waals surface area contributed by atoms with Gasteiger partial charge < -0.3 is 4.90 Å². The Morgan fingerprint density at radius 3 is 2.19 bits per heavy atom. The number of pyridine rings is 1. The lowest BCUT2D eigenvalue weighted by molar-refractivity contribution is 0.0729. The van der Waals surface area contributed by atoms with Gasteiger partial charge in [-0.25, -0.2) is 8.42 Å². The van der Waals surface area contributed by atoms with Gasteiger partial charge >= 0.3 is 0 Å². The molecule has 0 unspecified atom stereocenters. The van der Waals surface area contributed by atoms with E-state index in [1.54, 1.807) is 43.3 Å². The van der Waals surface area contributed by atoms with E-state index in [4.69, 9.17) is 0 Å². The average Bonchev–Trinajstić information content (AvgIpc) is 2.81. The minimum absolute atomic E-state index is 0.163. The molecular formula is C25H29N3O3S. The van der Waals surface area contributed by atoms with E-state index in [9.17, 15) is 13.2 Å². The second-order valence-electron chi connectivity index (χ2n) is 7.56. The van der Waals surface area contributed by atoms with Crippen molar-refractivity contribution in [1.29, 1.82) is 0 Å². The summed E-state index contributed by atoms with van der Waals surface area (Å²) in [5.74, 6) is -0.163. The smallest absolute Gasteiger partial charge is 0.254 e. The molecule has 2 aromatic carbocycles. The van der Waals surface area contributed by atoms with Crippen LogP contribution < -0.4 is 0 Å². The SMILES string of the molecule is CCN(CC)S(=O)(=O)c1ccc(C(=O)N(Cc2cccnc2)Cc2ccccc2C)cc1. The first-order chi connectivity index (χ1) is 15.4. The van der Waals surface area contributed by atoms with Crippen molar-refractivity contribution in [2.45, 2.75) is 38.8 Å². The number of nitrogens with zero attached hydrogens (tertiary/aromatic N) is 3. The highest BCUT2D eigenvalue weighted by molar-refractivity contribution is 7.89. The summed E-state index contributed by atoms with van der Waals surface area (Å²) in [5, 5.41) is 0. The fourth-order valence-corrected chi connectivity index (χ4v) is 5.03. The van der Waals surface area contributed by atoms with Crippen LogP contribution in [-0.4, -0.2) is 41.6 Å². The fourth-order valence-electron chi connectivity index (χ4n) is 3.57. The van der Waals surface area contributed by atoms with Crippen LogP contribution in [0.2, 0.25) is 0 Å². The van der Waals surface area contributed by atoms with Gasteiger partial charge in [0.15, 0.2) is 0 Å². The Labute approximate surface area is 190 Å². The number of hydrogen-bond acceptors (Lipinski definition) is 4.